The van der Waals surface area contributed by atoms with Gasteiger partial charge in [0.25, 0.3) is 0 Å². The fourth-order valence-electron chi connectivity index (χ4n) is 2.28. The maximum Gasteiger partial charge on any atom is 0.407 e. The van der Waals surface area contributed by atoms with Crippen LogP contribution in [0.3, 0.4) is 0 Å². The van der Waals surface area contributed by atoms with E-state index >= 15 is 0 Å². The molecule has 20 heavy (non-hydrogen) atoms. The molecule has 1 saturated carbocycles. The van der Waals surface area contributed by atoms with Crippen LogP contribution in [0.25, 0.3) is 0 Å². The van der Waals surface area contributed by atoms with Gasteiger partial charge in [-0.15, -0.1) is 0 Å². The molecule has 0 saturated heterocycles. The molecule has 6 nitrogen and oxygen atoms in total. The molecule has 0 aliphatic heterocycles. The van der Waals surface area contributed by atoms with Crippen molar-refractivity contribution in [3.05, 3.63) is 0 Å². The molecule has 0 radical (unpaired) electrons. The third-order valence-electron chi connectivity index (χ3n) is 3.30. The highest BCUT2D eigenvalue weighted by atomic mass is 16.6. The summed E-state index contributed by atoms with van der Waals surface area (Å²) in [6.45, 7) is 5.73. The number of aliphatic hydroxyl groups excluding tert-OH is 2. The quantitative estimate of drug-likeness (QED) is 0.600. The van der Waals surface area contributed by atoms with E-state index in [9.17, 15) is 9.90 Å². The number of carbonyl (C=O) groups is 1. The highest BCUT2D eigenvalue weighted by Gasteiger charge is 2.24. The van der Waals surface area contributed by atoms with E-state index in [0.717, 1.165) is 25.7 Å². The average Bonchev–Trinajstić information content (AvgIpc) is 2.35. The summed E-state index contributed by atoms with van der Waals surface area (Å²) in [7, 11) is 0. The third-order valence-corrected chi connectivity index (χ3v) is 3.30. The van der Waals surface area contributed by atoms with E-state index in [2.05, 4.69) is 10.6 Å². The number of aliphatic hydroxyl groups is 2. The lowest BCUT2D eigenvalue weighted by Gasteiger charge is -2.31. The number of rotatable bonds is 5. The maximum atomic E-state index is 11.7. The smallest absolute Gasteiger partial charge is 0.407 e. The molecular weight excluding hydrogens is 260 g/mol. The zero-order chi connectivity index (χ0) is 15.2. The fourth-order valence-corrected chi connectivity index (χ4v) is 2.28. The Labute approximate surface area is 120 Å². The van der Waals surface area contributed by atoms with Crippen molar-refractivity contribution in [1.82, 2.24) is 10.6 Å². The van der Waals surface area contributed by atoms with E-state index in [1.165, 1.54) is 0 Å². The van der Waals surface area contributed by atoms with Crippen LogP contribution >= 0.6 is 0 Å². The van der Waals surface area contributed by atoms with E-state index in [0.29, 0.717) is 12.6 Å². The molecule has 0 bridgehead atoms. The van der Waals surface area contributed by atoms with Gasteiger partial charge in [0, 0.05) is 18.6 Å². The fraction of sp³-hybridized carbons (Fsp3) is 0.929. The number of ether oxygens (including phenoxy) is 1. The second kappa shape index (κ2) is 7.81. The summed E-state index contributed by atoms with van der Waals surface area (Å²) in [6.07, 6.45) is 2.62. The third kappa shape index (κ3) is 7.07. The number of alkyl carbamates (subject to hydrolysis) is 1. The lowest BCUT2D eigenvalue weighted by molar-refractivity contribution is 0.0488. The van der Waals surface area contributed by atoms with Gasteiger partial charge < -0.3 is 25.6 Å². The molecular formula is C14H28N2O4. The van der Waals surface area contributed by atoms with Crippen LogP contribution < -0.4 is 10.6 Å². The van der Waals surface area contributed by atoms with Gasteiger partial charge in [-0.1, -0.05) is 0 Å². The molecule has 1 unspecified atom stereocenters. The van der Waals surface area contributed by atoms with Crippen LogP contribution in [-0.2, 0) is 4.74 Å². The first-order chi connectivity index (χ1) is 9.30. The standard InChI is InChI=1S/C14H28N2O4/c1-14(2,3)20-13(19)16-11-6-4-10(5-7-11)15-8-12(18)9-17/h10-12,15,17-18H,4-9H2,1-3H3,(H,16,19). The molecule has 0 spiro atoms. The Morgan fingerprint density at radius 1 is 1.25 bits per heavy atom. The van der Waals surface area contributed by atoms with Crippen molar-refractivity contribution in [3.8, 4) is 0 Å². The van der Waals surface area contributed by atoms with Gasteiger partial charge in [0.2, 0.25) is 0 Å². The van der Waals surface area contributed by atoms with Crippen LogP contribution in [0, 0.1) is 0 Å². The van der Waals surface area contributed by atoms with Gasteiger partial charge >= 0.3 is 6.09 Å². The minimum Gasteiger partial charge on any atom is -0.444 e. The van der Waals surface area contributed by atoms with E-state index in [1.54, 1.807) is 0 Å². The van der Waals surface area contributed by atoms with Crippen LogP contribution in [0.4, 0.5) is 4.79 Å². The van der Waals surface area contributed by atoms with Crippen molar-refractivity contribution >= 4 is 6.09 Å². The Bertz CT molecular complexity index is 296. The molecule has 6 heteroatoms. The lowest BCUT2D eigenvalue weighted by atomic mass is 9.91. The summed E-state index contributed by atoms with van der Waals surface area (Å²) in [4.78, 5) is 11.7. The van der Waals surface area contributed by atoms with Gasteiger partial charge in [0.1, 0.15) is 5.60 Å². The molecule has 0 aromatic heterocycles. The summed E-state index contributed by atoms with van der Waals surface area (Å²) in [5.41, 5.74) is -0.469. The predicted octanol–water partition coefficient (Wildman–Crippen LogP) is 0.765. The minimum absolute atomic E-state index is 0.158. The number of hydrogen-bond acceptors (Lipinski definition) is 5. The van der Waals surface area contributed by atoms with E-state index in [4.69, 9.17) is 9.84 Å². The Kier molecular flexibility index (Phi) is 6.71. The zero-order valence-electron chi connectivity index (χ0n) is 12.7. The molecule has 0 aromatic rings. The molecule has 0 aromatic carbocycles. The molecule has 118 valence electrons. The molecule has 1 amide bonds. The van der Waals surface area contributed by atoms with Crippen molar-refractivity contribution in [2.24, 2.45) is 0 Å². The lowest BCUT2D eigenvalue weighted by Crippen LogP contribution is -2.45. The number of amides is 1. The SMILES string of the molecule is CC(C)(C)OC(=O)NC1CCC(NCC(O)CO)CC1. The second-order valence-corrected chi connectivity index (χ2v) is 6.44. The van der Waals surface area contributed by atoms with Crippen molar-refractivity contribution in [1.29, 1.82) is 0 Å². The summed E-state index contributed by atoms with van der Waals surface area (Å²) in [6, 6.07) is 0.499. The molecule has 1 rings (SSSR count). The molecule has 1 aliphatic carbocycles. The average molecular weight is 288 g/mol. The zero-order valence-corrected chi connectivity index (χ0v) is 12.7. The van der Waals surface area contributed by atoms with Gasteiger partial charge in [-0.3, -0.25) is 0 Å². The Morgan fingerprint density at radius 3 is 2.30 bits per heavy atom. The highest BCUT2D eigenvalue weighted by molar-refractivity contribution is 5.68. The minimum atomic E-state index is -0.701. The van der Waals surface area contributed by atoms with Crippen LogP contribution in [-0.4, -0.2) is 53.2 Å². The summed E-state index contributed by atoms with van der Waals surface area (Å²) >= 11 is 0. The van der Waals surface area contributed by atoms with Crippen LogP contribution in [0.1, 0.15) is 46.5 Å². The van der Waals surface area contributed by atoms with Crippen molar-refractivity contribution < 1.29 is 19.7 Å². The van der Waals surface area contributed by atoms with Crippen LogP contribution in [0.15, 0.2) is 0 Å². The van der Waals surface area contributed by atoms with Crippen molar-refractivity contribution in [3.63, 3.8) is 0 Å². The summed E-state index contributed by atoms with van der Waals surface area (Å²) < 4.78 is 5.23. The largest absolute Gasteiger partial charge is 0.444 e. The molecule has 4 N–H and O–H groups in total. The van der Waals surface area contributed by atoms with Crippen LogP contribution in [0.2, 0.25) is 0 Å². The first-order valence-electron chi connectivity index (χ1n) is 7.32. The highest BCUT2D eigenvalue weighted by Crippen LogP contribution is 2.19. The van der Waals surface area contributed by atoms with E-state index in [1.807, 2.05) is 20.8 Å². The summed E-state index contributed by atoms with van der Waals surface area (Å²) in [5, 5.41) is 24.2. The summed E-state index contributed by atoms with van der Waals surface area (Å²) in [5.74, 6) is 0. The molecule has 0 heterocycles. The molecule has 1 aliphatic rings. The Morgan fingerprint density at radius 2 is 1.80 bits per heavy atom. The normalized spacial score (nSPS) is 25.1. The topological polar surface area (TPSA) is 90.8 Å². The Balaban J connectivity index is 2.20. The van der Waals surface area contributed by atoms with Crippen molar-refractivity contribution in [2.75, 3.05) is 13.2 Å². The van der Waals surface area contributed by atoms with Gasteiger partial charge in [0.05, 0.1) is 12.7 Å². The van der Waals surface area contributed by atoms with Gasteiger partial charge in [-0.25, -0.2) is 4.79 Å². The first kappa shape index (κ1) is 17.2. The number of nitrogens with one attached hydrogen (secondary N) is 2. The molecule has 1 fully saturated rings. The molecule has 1 atom stereocenters. The first-order valence-corrected chi connectivity index (χ1v) is 7.32. The predicted molar refractivity (Wildman–Crippen MR) is 76.5 cm³/mol. The second-order valence-electron chi connectivity index (χ2n) is 6.44. The van der Waals surface area contributed by atoms with Gasteiger partial charge in [0.15, 0.2) is 0 Å². The number of carbonyl (C=O) groups excluding carboxylic acids is 1. The van der Waals surface area contributed by atoms with E-state index in [-0.39, 0.29) is 18.7 Å². The van der Waals surface area contributed by atoms with Crippen molar-refractivity contribution in [2.45, 2.75) is 70.2 Å². The monoisotopic (exact) mass is 288 g/mol. The van der Waals surface area contributed by atoms with Gasteiger partial charge in [-0.05, 0) is 46.5 Å². The maximum absolute atomic E-state index is 11.7. The Hall–Kier alpha value is -0.850. The van der Waals surface area contributed by atoms with Crippen LogP contribution in [0.5, 0.6) is 0 Å². The van der Waals surface area contributed by atoms with Gasteiger partial charge in [-0.2, -0.15) is 0 Å². The van der Waals surface area contributed by atoms with E-state index < -0.39 is 11.7 Å². The number of hydrogen-bond donors (Lipinski definition) is 4.